The van der Waals surface area contributed by atoms with Gasteiger partial charge in [0, 0.05) is 10.1 Å². The quantitative estimate of drug-likeness (QED) is 0.280. The molecule has 0 aliphatic heterocycles. The van der Waals surface area contributed by atoms with Crippen LogP contribution in [0.1, 0.15) is 5.56 Å². The van der Waals surface area contributed by atoms with Crippen LogP contribution in [0.15, 0.2) is 66.0 Å². The summed E-state index contributed by atoms with van der Waals surface area (Å²) < 4.78 is 1.38. The van der Waals surface area contributed by atoms with Crippen molar-refractivity contribution in [1.29, 1.82) is 0 Å². The molecule has 1 heterocycles. The van der Waals surface area contributed by atoms with Gasteiger partial charge in [-0.15, -0.1) is 11.3 Å². The molecule has 0 aliphatic carbocycles. The number of benzene rings is 4. The van der Waals surface area contributed by atoms with Gasteiger partial charge in [0.25, 0.3) is 0 Å². The van der Waals surface area contributed by atoms with Crippen LogP contribution in [0.3, 0.4) is 0 Å². The van der Waals surface area contributed by atoms with E-state index in [9.17, 15) is 0 Å². The molecule has 0 atom stereocenters. The molecule has 0 fully saturated rings. The Hall–Kier alpha value is -2.38. The molecule has 0 bridgehead atoms. The molecule has 5 rings (SSSR count). The zero-order chi connectivity index (χ0) is 14.7. The molecule has 104 valence electrons. The van der Waals surface area contributed by atoms with Gasteiger partial charge in [-0.3, -0.25) is 0 Å². The first-order valence-corrected chi connectivity index (χ1v) is 8.42. The minimum absolute atomic E-state index is 1.31. The molecule has 0 saturated heterocycles. The summed E-state index contributed by atoms with van der Waals surface area (Å²) in [5.41, 5.74) is 1.36. The lowest BCUT2D eigenvalue weighted by Crippen LogP contribution is -1.84. The molecular weight excluding hydrogens is 284 g/mol. The Morgan fingerprint density at radius 2 is 1.50 bits per heavy atom. The van der Waals surface area contributed by atoms with Crippen LogP contribution in [0.4, 0.5) is 0 Å². The second-order valence-corrected chi connectivity index (χ2v) is 6.84. The van der Waals surface area contributed by atoms with E-state index in [-0.39, 0.29) is 0 Å². The van der Waals surface area contributed by atoms with Crippen molar-refractivity contribution in [3.63, 3.8) is 0 Å². The molecule has 0 aliphatic rings. The molecule has 0 spiro atoms. The highest BCUT2D eigenvalue weighted by molar-refractivity contribution is 7.17. The normalized spacial score (nSPS) is 11.9. The fourth-order valence-corrected chi connectivity index (χ4v) is 4.51. The topological polar surface area (TPSA) is 0 Å². The predicted octanol–water partition coefficient (Wildman–Crippen LogP) is 6.67. The SMILES string of the molecule is Cc1cc2sccc2c2c1ccc1c3ccccc3ccc12. The number of aryl methyl sites for hydroxylation is 1. The van der Waals surface area contributed by atoms with Crippen molar-refractivity contribution in [2.24, 2.45) is 0 Å². The summed E-state index contributed by atoms with van der Waals surface area (Å²) in [4.78, 5) is 0. The van der Waals surface area contributed by atoms with Crippen LogP contribution in [0.25, 0.3) is 42.4 Å². The van der Waals surface area contributed by atoms with E-state index < -0.39 is 0 Å². The fourth-order valence-electron chi connectivity index (χ4n) is 3.62. The standard InChI is InChI=1S/C21H14S/c1-13-12-20-19(10-11-22-20)21-15(13)8-9-17-16-5-3-2-4-14(16)6-7-18(17)21/h2-12H,1H3. The monoisotopic (exact) mass is 298 g/mol. The lowest BCUT2D eigenvalue weighted by Gasteiger charge is -2.10. The fraction of sp³-hybridized carbons (Fsp3) is 0.0476. The summed E-state index contributed by atoms with van der Waals surface area (Å²) in [6, 6.07) is 22.3. The van der Waals surface area contributed by atoms with Gasteiger partial charge in [0.2, 0.25) is 0 Å². The van der Waals surface area contributed by atoms with Gasteiger partial charge in [0.1, 0.15) is 0 Å². The summed E-state index contributed by atoms with van der Waals surface area (Å²) in [6.45, 7) is 2.22. The van der Waals surface area contributed by atoms with E-state index in [0.717, 1.165) is 0 Å². The van der Waals surface area contributed by atoms with Gasteiger partial charge >= 0.3 is 0 Å². The van der Waals surface area contributed by atoms with Crippen molar-refractivity contribution < 1.29 is 0 Å². The molecule has 0 unspecified atom stereocenters. The van der Waals surface area contributed by atoms with Crippen LogP contribution in [0, 0.1) is 6.92 Å². The first-order valence-electron chi connectivity index (χ1n) is 7.54. The average molecular weight is 298 g/mol. The molecule has 1 heteroatoms. The number of rotatable bonds is 0. The molecule has 4 aromatic carbocycles. The van der Waals surface area contributed by atoms with Crippen LogP contribution >= 0.6 is 11.3 Å². The van der Waals surface area contributed by atoms with Crippen LogP contribution in [0.5, 0.6) is 0 Å². The van der Waals surface area contributed by atoms with E-state index in [1.807, 2.05) is 11.3 Å². The molecule has 0 N–H and O–H groups in total. The summed E-state index contributed by atoms with van der Waals surface area (Å²) in [6.07, 6.45) is 0. The minimum Gasteiger partial charge on any atom is -0.144 e. The Balaban J connectivity index is 2.14. The van der Waals surface area contributed by atoms with Gasteiger partial charge in [0.15, 0.2) is 0 Å². The smallest absolute Gasteiger partial charge is 0.0352 e. The van der Waals surface area contributed by atoms with Gasteiger partial charge in [0.05, 0.1) is 0 Å². The first kappa shape index (κ1) is 12.2. The van der Waals surface area contributed by atoms with E-state index in [4.69, 9.17) is 0 Å². The van der Waals surface area contributed by atoms with Gasteiger partial charge in [-0.2, -0.15) is 0 Å². The van der Waals surface area contributed by atoms with Crippen LogP contribution in [-0.2, 0) is 0 Å². The van der Waals surface area contributed by atoms with Gasteiger partial charge < -0.3 is 0 Å². The highest BCUT2D eigenvalue weighted by atomic mass is 32.1. The van der Waals surface area contributed by atoms with Crippen LogP contribution in [0.2, 0.25) is 0 Å². The van der Waals surface area contributed by atoms with Crippen LogP contribution < -0.4 is 0 Å². The zero-order valence-electron chi connectivity index (χ0n) is 12.3. The third-order valence-electron chi connectivity index (χ3n) is 4.66. The first-order chi connectivity index (χ1) is 10.8. The molecule has 1 aromatic heterocycles. The lowest BCUT2D eigenvalue weighted by molar-refractivity contribution is 1.57. The predicted molar refractivity (Wildman–Crippen MR) is 99.1 cm³/mol. The van der Waals surface area contributed by atoms with E-state index in [2.05, 4.69) is 73.0 Å². The Bertz CT molecular complexity index is 1180. The largest absolute Gasteiger partial charge is 0.144 e. The third kappa shape index (κ3) is 1.52. The Morgan fingerprint density at radius 3 is 2.45 bits per heavy atom. The van der Waals surface area contributed by atoms with Crippen molar-refractivity contribution >= 4 is 53.7 Å². The number of hydrogen-bond acceptors (Lipinski definition) is 1. The molecule has 0 saturated carbocycles. The van der Waals surface area contributed by atoms with E-state index >= 15 is 0 Å². The number of thiophene rings is 1. The second-order valence-electron chi connectivity index (χ2n) is 5.90. The van der Waals surface area contributed by atoms with Crippen molar-refractivity contribution in [3.8, 4) is 0 Å². The van der Waals surface area contributed by atoms with Gasteiger partial charge in [-0.1, -0.05) is 48.5 Å². The molecule has 0 amide bonds. The maximum atomic E-state index is 2.31. The molecular formula is C21H14S. The van der Waals surface area contributed by atoms with Gasteiger partial charge in [-0.05, 0) is 62.3 Å². The number of fused-ring (bicyclic) bond motifs is 7. The maximum absolute atomic E-state index is 2.31. The Labute approximate surface area is 132 Å². The third-order valence-corrected chi connectivity index (χ3v) is 5.53. The Morgan fingerprint density at radius 1 is 0.682 bits per heavy atom. The number of hydrogen-bond donors (Lipinski definition) is 0. The summed E-state index contributed by atoms with van der Waals surface area (Å²) >= 11 is 1.83. The maximum Gasteiger partial charge on any atom is 0.0352 e. The van der Waals surface area contributed by atoms with Crippen molar-refractivity contribution in [2.75, 3.05) is 0 Å². The highest BCUT2D eigenvalue weighted by Gasteiger charge is 2.10. The van der Waals surface area contributed by atoms with Crippen LogP contribution in [-0.4, -0.2) is 0 Å². The summed E-state index contributed by atoms with van der Waals surface area (Å²) in [5, 5.41) is 11.7. The second kappa shape index (κ2) is 4.31. The molecule has 0 nitrogen and oxygen atoms in total. The van der Waals surface area contributed by atoms with Crippen molar-refractivity contribution in [1.82, 2.24) is 0 Å². The average Bonchev–Trinajstić information content (AvgIpc) is 3.02. The highest BCUT2D eigenvalue weighted by Crippen LogP contribution is 2.38. The van der Waals surface area contributed by atoms with E-state index in [1.54, 1.807) is 0 Å². The minimum atomic E-state index is 1.31. The van der Waals surface area contributed by atoms with Crippen molar-refractivity contribution in [3.05, 3.63) is 71.6 Å². The van der Waals surface area contributed by atoms with E-state index in [1.165, 1.54) is 48.0 Å². The summed E-state index contributed by atoms with van der Waals surface area (Å²) in [7, 11) is 0. The van der Waals surface area contributed by atoms with Gasteiger partial charge in [-0.25, -0.2) is 0 Å². The van der Waals surface area contributed by atoms with Crippen molar-refractivity contribution in [2.45, 2.75) is 6.92 Å². The molecule has 5 aromatic rings. The zero-order valence-corrected chi connectivity index (χ0v) is 13.1. The Kier molecular flexibility index (Phi) is 2.39. The summed E-state index contributed by atoms with van der Waals surface area (Å²) in [5.74, 6) is 0. The molecule has 0 radical (unpaired) electrons. The lowest BCUT2D eigenvalue weighted by atomic mass is 9.93. The van der Waals surface area contributed by atoms with E-state index in [0.29, 0.717) is 0 Å². The molecule has 22 heavy (non-hydrogen) atoms.